The Morgan fingerprint density at radius 1 is 0.892 bits per heavy atom. The minimum Gasteiger partial charge on any atom is -0.507 e. The molecule has 0 aliphatic rings. The van der Waals surface area contributed by atoms with Crippen LogP contribution in [0.2, 0.25) is 0 Å². The molecule has 0 saturated heterocycles. The van der Waals surface area contributed by atoms with Crippen LogP contribution in [0.15, 0.2) is 53.7 Å². The molecule has 0 fully saturated rings. The number of hydrogen-bond donors (Lipinski definition) is 1. The number of ether oxygens (including phenoxy) is 1. The number of aromatic nitrogens is 3. The van der Waals surface area contributed by atoms with E-state index in [1.807, 2.05) is 41.2 Å². The molecule has 7 heteroatoms. The quantitative estimate of drug-likeness (QED) is 0.0883. The van der Waals surface area contributed by atoms with Crippen LogP contribution in [-0.2, 0) is 13.2 Å². The normalized spacial score (nSPS) is 11.4. The highest BCUT2D eigenvalue weighted by Crippen LogP contribution is 2.24. The highest BCUT2D eigenvalue weighted by molar-refractivity contribution is 14.1. The van der Waals surface area contributed by atoms with Gasteiger partial charge in [-0.15, -0.1) is 5.10 Å². The molecule has 2 aromatic carbocycles. The number of halogens is 1. The molecule has 37 heavy (non-hydrogen) atoms. The van der Waals surface area contributed by atoms with Gasteiger partial charge in [0.05, 0.1) is 11.9 Å². The van der Waals surface area contributed by atoms with Crippen LogP contribution >= 0.6 is 22.6 Å². The van der Waals surface area contributed by atoms with E-state index >= 15 is 0 Å². The Morgan fingerprint density at radius 2 is 1.54 bits per heavy atom. The van der Waals surface area contributed by atoms with Gasteiger partial charge in [-0.1, -0.05) is 82.8 Å². The zero-order chi connectivity index (χ0) is 26.1. The van der Waals surface area contributed by atoms with Gasteiger partial charge < -0.3 is 9.84 Å². The van der Waals surface area contributed by atoms with Crippen molar-refractivity contribution >= 4 is 34.5 Å². The topological polar surface area (TPSA) is 72.5 Å². The first kappa shape index (κ1) is 29.1. The van der Waals surface area contributed by atoms with Crippen LogP contribution in [-0.4, -0.2) is 26.3 Å². The van der Waals surface area contributed by atoms with E-state index in [1.54, 1.807) is 18.3 Å². The van der Waals surface area contributed by atoms with Gasteiger partial charge in [0.1, 0.15) is 23.8 Å². The van der Waals surface area contributed by atoms with Gasteiger partial charge in [0.25, 0.3) is 0 Å². The molecule has 0 bridgehead atoms. The van der Waals surface area contributed by atoms with Crippen molar-refractivity contribution in [1.29, 1.82) is 0 Å². The largest absolute Gasteiger partial charge is 0.507 e. The molecule has 3 rings (SSSR count). The standard InChI is InChI=1S/C30H41IN4O2/c1-2-3-4-5-6-7-8-9-10-11-12-13-20-35-23-28(33-34-35)24-37-29-19-14-25(30(36)21-29)22-32-27-17-15-26(31)16-18-27/h14-19,21-23,36H,2-13,20,24H2,1H3. The Labute approximate surface area is 235 Å². The fraction of sp³-hybridized carbons (Fsp3) is 0.500. The molecule has 0 saturated carbocycles. The van der Waals surface area contributed by atoms with Crippen molar-refractivity contribution in [2.75, 3.05) is 0 Å². The second-order valence-electron chi connectivity index (χ2n) is 9.61. The molecule has 3 aromatic rings. The second kappa shape index (κ2) is 17.2. The third kappa shape index (κ3) is 11.7. The molecule has 0 amide bonds. The highest BCUT2D eigenvalue weighted by Gasteiger charge is 2.05. The monoisotopic (exact) mass is 616 g/mol. The molecule has 200 valence electrons. The Bertz CT molecular complexity index is 1070. The number of aliphatic imine (C=N–C) groups is 1. The number of aryl methyl sites for hydroxylation is 1. The lowest BCUT2D eigenvalue weighted by Gasteiger charge is -2.06. The molecule has 6 nitrogen and oxygen atoms in total. The fourth-order valence-electron chi connectivity index (χ4n) is 4.18. The Kier molecular flexibility index (Phi) is 13.5. The van der Waals surface area contributed by atoms with Crippen molar-refractivity contribution < 1.29 is 9.84 Å². The lowest BCUT2D eigenvalue weighted by atomic mass is 10.1. The number of nitrogens with zero attached hydrogens (tertiary/aromatic N) is 4. The molecule has 0 aliphatic carbocycles. The van der Waals surface area contributed by atoms with Gasteiger partial charge in [-0.2, -0.15) is 0 Å². The number of phenolic OH excluding ortho intramolecular Hbond substituents is 1. The van der Waals surface area contributed by atoms with Crippen LogP contribution in [0.3, 0.4) is 0 Å². The van der Waals surface area contributed by atoms with E-state index in [1.165, 1.54) is 70.6 Å². The number of benzene rings is 2. The molecule has 1 N–H and O–H groups in total. The zero-order valence-corrected chi connectivity index (χ0v) is 24.3. The molecular weight excluding hydrogens is 575 g/mol. The first-order valence-corrected chi connectivity index (χ1v) is 14.9. The van der Waals surface area contributed by atoms with Gasteiger partial charge in [0, 0.05) is 28.0 Å². The van der Waals surface area contributed by atoms with Crippen molar-refractivity contribution in [3.8, 4) is 11.5 Å². The van der Waals surface area contributed by atoms with E-state index in [4.69, 9.17) is 4.74 Å². The molecule has 0 spiro atoms. The van der Waals surface area contributed by atoms with Gasteiger partial charge in [0.15, 0.2) is 0 Å². The SMILES string of the molecule is CCCCCCCCCCCCCCn1cc(COc2ccc(C=Nc3ccc(I)cc3)c(O)c2)nn1. The van der Waals surface area contributed by atoms with Gasteiger partial charge in [-0.05, 0) is 65.4 Å². The summed E-state index contributed by atoms with van der Waals surface area (Å²) < 4.78 is 8.87. The summed E-state index contributed by atoms with van der Waals surface area (Å²) >= 11 is 2.26. The number of hydrogen-bond acceptors (Lipinski definition) is 5. The number of aromatic hydroxyl groups is 1. The minimum absolute atomic E-state index is 0.127. The van der Waals surface area contributed by atoms with E-state index in [0.717, 1.165) is 27.9 Å². The summed E-state index contributed by atoms with van der Waals surface area (Å²) in [6.07, 6.45) is 19.7. The molecule has 0 radical (unpaired) electrons. The highest BCUT2D eigenvalue weighted by atomic mass is 127. The molecule has 0 unspecified atom stereocenters. The lowest BCUT2D eigenvalue weighted by Crippen LogP contribution is -1.99. The van der Waals surface area contributed by atoms with Crippen molar-refractivity contribution in [2.45, 2.75) is 97.1 Å². The second-order valence-corrected chi connectivity index (χ2v) is 10.9. The minimum atomic E-state index is 0.127. The Hall–Kier alpha value is -2.42. The molecular formula is C30H41IN4O2. The predicted molar refractivity (Wildman–Crippen MR) is 160 cm³/mol. The number of rotatable bonds is 18. The van der Waals surface area contributed by atoms with Crippen LogP contribution in [0.4, 0.5) is 5.69 Å². The maximum absolute atomic E-state index is 10.4. The Balaban J connectivity index is 1.29. The van der Waals surface area contributed by atoms with Crippen LogP contribution in [0, 0.1) is 3.57 Å². The summed E-state index contributed by atoms with van der Waals surface area (Å²) in [6, 6.07) is 13.1. The van der Waals surface area contributed by atoms with E-state index in [9.17, 15) is 5.11 Å². The fourth-order valence-corrected chi connectivity index (χ4v) is 4.54. The molecule has 0 atom stereocenters. The van der Waals surface area contributed by atoms with Crippen molar-refractivity contribution in [3.63, 3.8) is 0 Å². The summed E-state index contributed by atoms with van der Waals surface area (Å²) in [5.41, 5.74) is 2.26. The van der Waals surface area contributed by atoms with Gasteiger partial charge in [-0.25, -0.2) is 0 Å². The van der Waals surface area contributed by atoms with Gasteiger partial charge in [0.2, 0.25) is 0 Å². The first-order chi connectivity index (χ1) is 18.1. The zero-order valence-electron chi connectivity index (χ0n) is 22.1. The Morgan fingerprint density at radius 3 is 2.19 bits per heavy atom. The lowest BCUT2D eigenvalue weighted by molar-refractivity contribution is 0.299. The smallest absolute Gasteiger partial charge is 0.134 e. The van der Waals surface area contributed by atoms with E-state index in [0.29, 0.717) is 17.9 Å². The third-order valence-corrected chi connectivity index (χ3v) is 7.11. The van der Waals surface area contributed by atoms with Crippen LogP contribution in [0.5, 0.6) is 11.5 Å². The van der Waals surface area contributed by atoms with E-state index < -0.39 is 0 Å². The predicted octanol–water partition coefficient (Wildman–Crippen LogP) is 8.62. The first-order valence-electron chi connectivity index (χ1n) is 13.8. The summed E-state index contributed by atoms with van der Waals surface area (Å²) in [5.74, 6) is 0.710. The summed E-state index contributed by atoms with van der Waals surface area (Å²) in [4.78, 5) is 4.42. The number of phenols is 1. The molecule has 0 aliphatic heterocycles. The third-order valence-electron chi connectivity index (χ3n) is 6.39. The average Bonchev–Trinajstić information content (AvgIpc) is 3.36. The van der Waals surface area contributed by atoms with E-state index in [2.05, 4.69) is 44.8 Å². The molecule has 1 aromatic heterocycles. The average molecular weight is 617 g/mol. The maximum atomic E-state index is 10.4. The van der Waals surface area contributed by atoms with Gasteiger partial charge >= 0.3 is 0 Å². The van der Waals surface area contributed by atoms with Gasteiger partial charge in [-0.3, -0.25) is 9.67 Å². The maximum Gasteiger partial charge on any atom is 0.134 e. The van der Waals surface area contributed by atoms with Crippen LogP contribution < -0.4 is 4.74 Å². The molecule has 1 heterocycles. The van der Waals surface area contributed by atoms with Crippen LogP contribution in [0.1, 0.15) is 95.2 Å². The van der Waals surface area contributed by atoms with Crippen molar-refractivity contribution in [3.05, 3.63) is 63.5 Å². The van der Waals surface area contributed by atoms with Crippen molar-refractivity contribution in [1.82, 2.24) is 15.0 Å². The summed E-state index contributed by atoms with van der Waals surface area (Å²) in [5, 5.41) is 18.8. The van der Waals surface area contributed by atoms with Crippen LogP contribution in [0.25, 0.3) is 0 Å². The summed E-state index contributed by atoms with van der Waals surface area (Å²) in [7, 11) is 0. The number of unbranched alkanes of at least 4 members (excludes halogenated alkanes) is 11. The van der Waals surface area contributed by atoms with Crippen molar-refractivity contribution in [2.24, 2.45) is 4.99 Å². The summed E-state index contributed by atoms with van der Waals surface area (Å²) in [6.45, 7) is 3.48. The van der Waals surface area contributed by atoms with E-state index in [-0.39, 0.29) is 5.75 Å².